The average Bonchev–Trinajstić information content (AvgIpc) is 1.84. The molecule has 0 saturated heterocycles. The molecule has 0 bridgehead atoms. The Balaban J connectivity index is 3.47. The number of rotatable bonds is 4. The maximum atomic E-state index is 10.8. The highest BCUT2D eigenvalue weighted by atomic mass is 17.5. The molecule has 0 saturated carbocycles. The fourth-order valence-corrected chi connectivity index (χ4v) is 0.471. The van der Waals surface area contributed by atoms with Gasteiger partial charge >= 0.3 is 5.97 Å². The van der Waals surface area contributed by atoms with Gasteiger partial charge in [0.25, 0.3) is 0 Å². The van der Waals surface area contributed by atoms with Crippen LogP contribution in [0.25, 0.3) is 0 Å². The minimum atomic E-state index is -0.556. The van der Waals surface area contributed by atoms with E-state index in [2.05, 4.69) is 20.8 Å². The summed E-state index contributed by atoms with van der Waals surface area (Å²) < 4.78 is 4.84. The van der Waals surface area contributed by atoms with Crippen molar-refractivity contribution in [2.24, 2.45) is 5.90 Å². The molecule has 0 rings (SSSR count). The number of ether oxygens (including phenoxy) is 1. The van der Waals surface area contributed by atoms with Crippen LogP contribution in [0.3, 0.4) is 0 Å². The maximum absolute atomic E-state index is 10.8. The number of hydrogen-bond donors (Lipinski definition) is 1. The van der Waals surface area contributed by atoms with Crippen molar-refractivity contribution in [2.45, 2.75) is 26.4 Å². The summed E-state index contributed by atoms with van der Waals surface area (Å²) in [5, 5.41) is 3.80. The summed E-state index contributed by atoms with van der Waals surface area (Å²) in [4.78, 5) is 18.6. The van der Waals surface area contributed by atoms with Gasteiger partial charge in [-0.3, -0.25) is 0 Å². The molecule has 0 aromatic rings. The third-order valence-electron chi connectivity index (χ3n) is 0.684. The lowest BCUT2D eigenvalue weighted by atomic mass is 10.2. The first-order valence-corrected chi connectivity index (χ1v) is 3.32. The fraction of sp³-hybridized carbons (Fsp3) is 0.833. The number of carbonyl (C=O) groups excluding carboxylic acids is 1. The second-order valence-electron chi connectivity index (χ2n) is 3.01. The van der Waals surface area contributed by atoms with Crippen LogP contribution in [-0.4, -0.2) is 18.2 Å². The first-order chi connectivity index (χ1) is 5.45. The van der Waals surface area contributed by atoms with Crippen molar-refractivity contribution in [1.29, 1.82) is 0 Å². The van der Waals surface area contributed by atoms with Gasteiger partial charge < -0.3 is 4.74 Å². The van der Waals surface area contributed by atoms with Crippen molar-refractivity contribution in [3.8, 4) is 0 Å². The second kappa shape index (κ2) is 5.04. The van der Waals surface area contributed by atoms with Crippen LogP contribution in [0, 0.1) is 0 Å². The van der Waals surface area contributed by atoms with Crippen LogP contribution in [-0.2, 0) is 24.4 Å². The number of hydrogen-bond acceptors (Lipinski definition) is 6. The average molecular weight is 179 g/mol. The summed E-state index contributed by atoms with van der Waals surface area (Å²) >= 11 is 0. The summed E-state index contributed by atoms with van der Waals surface area (Å²) in [5.41, 5.74) is -0.538. The highest BCUT2D eigenvalue weighted by Crippen LogP contribution is 2.06. The first-order valence-electron chi connectivity index (χ1n) is 3.32. The van der Waals surface area contributed by atoms with Gasteiger partial charge in [0, 0.05) is 0 Å². The van der Waals surface area contributed by atoms with Gasteiger partial charge in [-0.1, -0.05) is 0 Å². The van der Waals surface area contributed by atoms with Crippen LogP contribution >= 0.6 is 0 Å². The third-order valence-corrected chi connectivity index (χ3v) is 0.684. The van der Waals surface area contributed by atoms with Crippen molar-refractivity contribution in [3.05, 3.63) is 0 Å². The van der Waals surface area contributed by atoms with E-state index in [1.54, 1.807) is 20.8 Å². The number of nitrogens with two attached hydrogens (primary N) is 1. The van der Waals surface area contributed by atoms with Gasteiger partial charge in [0.05, 0.1) is 0 Å². The molecule has 0 aromatic carbocycles. The van der Waals surface area contributed by atoms with Gasteiger partial charge in [-0.15, -0.1) is 4.99 Å². The monoisotopic (exact) mass is 179 g/mol. The van der Waals surface area contributed by atoms with E-state index in [4.69, 9.17) is 4.74 Å². The number of carbonyl (C=O) groups is 1. The zero-order valence-corrected chi connectivity index (χ0v) is 7.33. The van der Waals surface area contributed by atoms with E-state index in [0.717, 1.165) is 0 Å². The van der Waals surface area contributed by atoms with Crippen molar-refractivity contribution in [3.63, 3.8) is 0 Å². The molecule has 0 aliphatic carbocycles. The lowest BCUT2D eigenvalue weighted by molar-refractivity contribution is -0.513. The molecule has 0 aliphatic rings. The largest absolute Gasteiger partial charge is 0.458 e. The van der Waals surface area contributed by atoms with Crippen LogP contribution in [0.5, 0.6) is 0 Å². The minimum absolute atomic E-state index is 0.367. The summed E-state index contributed by atoms with van der Waals surface area (Å²) in [7, 11) is 0. The Morgan fingerprint density at radius 2 is 2.00 bits per heavy atom. The van der Waals surface area contributed by atoms with E-state index in [1.807, 2.05) is 0 Å². The van der Waals surface area contributed by atoms with E-state index in [-0.39, 0.29) is 6.61 Å². The van der Waals surface area contributed by atoms with E-state index < -0.39 is 11.6 Å². The molecule has 2 N–H and O–H groups in total. The van der Waals surface area contributed by atoms with Gasteiger partial charge in [-0.25, -0.2) is 4.79 Å². The molecule has 0 unspecified atom stereocenters. The zero-order chi connectivity index (χ0) is 9.61. The predicted octanol–water partition coefficient (Wildman–Crippen LogP) is 0.0816. The summed E-state index contributed by atoms with van der Waals surface area (Å²) in [6.45, 7) is 4.86. The quantitative estimate of drug-likeness (QED) is 0.285. The van der Waals surface area contributed by atoms with E-state index in [1.165, 1.54) is 0 Å². The molecular formula is C6H13NO5. The fourth-order valence-electron chi connectivity index (χ4n) is 0.471. The lowest BCUT2D eigenvalue weighted by Crippen LogP contribution is -2.26. The number of esters is 1. The predicted molar refractivity (Wildman–Crippen MR) is 38.2 cm³/mol. The van der Waals surface area contributed by atoms with Crippen LogP contribution < -0.4 is 5.90 Å². The molecule has 0 heterocycles. The lowest BCUT2D eigenvalue weighted by Gasteiger charge is -2.18. The topological polar surface area (TPSA) is 80.0 Å². The molecule has 0 radical (unpaired) electrons. The van der Waals surface area contributed by atoms with Crippen molar-refractivity contribution in [1.82, 2.24) is 0 Å². The van der Waals surface area contributed by atoms with Gasteiger partial charge in [-0.2, -0.15) is 10.8 Å². The zero-order valence-electron chi connectivity index (χ0n) is 7.33. The smallest absolute Gasteiger partial charge is 0.336 e. The molecule has 0 aromatic heterocycles. The molecule has 0 spiro atoms. The normalized spacial score (nSPS) is 11.3. The second-order valence-corrected chi connectivity index (χ2v) is 3.01. The van der Waals surface area contributed by atoms with Crippen LogP contribution in [0.1, 0.15) is 20.8 Å². The van der Waals surface area contributed by atoms with E-state index in [0.29, 0.717) is 0 Å². The first kappa shape index (κ1) is 11.3. The van der Waals surface area contributed by atoms with Crippen molar-refractivity contribution >= 4 is 5.97 Å². The Labute approximate surface area is 70.3 Å². The molecule has 0 aliphatic heterocycles. The Kier molecular flexibility index (Phi) is 4.75. The molecule has 0 fully saturated rings. The Hall–Kier alpha value is -0.690. The summed E-state index contributed by atoms with van der Waals surface area (Å²) in [6.07, 6.45) is 0. The van der Waals surface area contributed by atoms with Gasteiger partial charge in [0.2, 0.25) is 0 Å². The minimum Gasteiger partial charge on any atom is -0.458 e. The molecule has 12 heavy (non-hydrogen) atoms. The highest BCUT2D eigenvalue weighted by molar-refractivity contribution is 5.71. The molecule has 6 heteroatoms. The molecular weight excluding hydrogens is 166 g/mol. The van der Waals surface area contributed by atoms with Gasteiger partial charge in [-0.05, 0) is 25.8 Å². The van der Waals surface area contributed by atoms with E-state index >= 15 is 0 Å². The van der Waals surface area contributed by atoms with Crippen LogP contribution in [0.2, 0.25) is 0 Å². The van der Waals surface area contributed by atoms with Crippen molar-refractivity contribution in [2.75, 3.05) is 6.61 Å². The van der Waals surface area contributed by atoms with Crippen molar-refractivity contribution < 1.29 is 24.4 Å². The molecule has 6 nitrogen and oxygen atoms in total. The highest BCUT2D eigenvalue weighted by Gasteiger charge is 2.16. The molecule has 0 amide bonds. The summed E-state index contributed by atoms with van der Waals surface area (Å²) in [5.74, 6) is 3.89. The summed E-state index contributed by atoms with van der Waals surface area (Å²) in [6, 6.07) is 0. The van der Waals surface area contributed by atoms with Crippen LogP contribution in [0.4, 0.5) is 0 Å². The SMILES string of the molecule is CC(C)(C)OC(=O)COOON. The molecule has 0 atom stereocenters. The standard InChI is InChI=1S/C6H13NO5/c1-6(2,3)10-5(8)4-9-12-11-7/h4,7H2,1-3H3. The molecule has 72 valence electrons. The third kappa shape index (κ3) is 7.42. The van der Waals surface area contributed by atoms with E-state index in [9.17, 15) is 4.79 Å². The maximum Gasteiger partial charge on any atom is 0.336 e. The van der Waals surface area contributed by atoms with Gasteiger partial charge in [0.15, 0.2) is 6.61 Å². The van der Waals surface area contributed by atoms with Crippen LogP contribution in [0.15, 0.2) is 0 Å². The Morgan fingerprint density at radius 3 is 2.42 bits per heavy atom. The Morgan fingerprint density at radius 1 is 1.42 bits per heavy atom. The Bertz CT molecular complexity index is 141. The van der Waals surface area contributed by atoms with Gasteiger partial charge in [0.1, 0.15) is 5.60 Å².